The quantitative estimate of drug-likeness (QED) is 0.803. The summed E-state index contributed by atoms with van der Waals surface area (Å²) in [6.07, 6.45) is 1.86. The minimum absolute atomic E-state index is 0. The Labute approximate surface area is 141 Å². The van der Waals surface area contributed by atoms with Crippen LogP contribution in [0.2, 0.25) is 5.02 Å². The highest BCUT2D eigenvalue weighted by Crippen LogP contribution is 2.34. The van der Waals surface area contributed by atoms with E-state index in [1.54, 1.807) is 11.8 Å². The van der Waals surface area contributed by atoms with Gasteiger partial charge in [0.2, 0.25) is 0 Å². The van der Waals surface area contributed by atoms with Crippen LogP contribution in [-0.4, -0.2) is 6.54 Å². The molecule has 0 amide bonds. The summed E-state index contributed by atoms with van der Waals surface area (Å²) in [6.45, 7) is 0.681. The van der Waals surface area contributed by atoms with Crippen LogP contribution < -0.4 is 11.5 Å². The molecule has 0 heterocycles. The molecule has 4 N–H and O–H groups in total. The minimum Gasteiger partial charge on any atom is -0.330 e. The van der Waals surface area contributed by atoms with E-state index in [0.29, 0.717) is 6.54 Å². The first kappa shape index (κ1) is 18.3. The van der Waals surface area contributed by atoms with Gasteiger partial charge in [-0.15, -0.1) is 12.4 Å². The Morgan fingerprint density at radius 1 is 1.05 bits per heavy atom. The fraction of sp³-hybridized carbons (Fsp3) is 0.250. The Hall–Kier alpha value is -0.710. The topological polar surface area (TPSA) is 52.0 Å². The molecule has 0 aromatic heterocycles. The van der Waals surface area contributed by atoms with Crippen LogP contribution in [0.1, 0.15) is 24.4 Å². The van der Waals surface area contributed by atoms with Crippen molar-refractivity contribution in [3.63, 3.8) is 0 Å². The maximum atomic E-state index is 6.27. The van der Waals surface area contributed by atoms with Crippen LogP contribution >= 0.6 is 35.8 Å². The van der Waals surface area contributed by atoms with Crippen molar-refractivity contribution in [2.24, 2.45) is 11.5 Å². The predicted molar refractivity (Wildman–Crippen MR) is 94.5 cm³/mol. The van der Waals surface area contributed by atoms with E-state index in [-0.39, 0.29) is 18.4 Å². The molecule has 0 aliphatic rings. The number of halogens is 2. The summed E-state index contributed by atoms with van der Waals surface area (Å²) in [5, 5.41) is 0.752. The number of hydrogen-bond acceptors (Lipinski definition) is 3. The maximum Gasteiger partial charge on any atom is 0.0406 e. The molecule has 114 valence electrons. The van der Waals surface area contributed by atoms with Gasteiger partial charge < -0.3 is 11.5 Å². The highest BCUT2D eigenvalue weighted by atomic mass is 35.5. The van der Waals surface area contributed by atoms with E-state index in [0.717, 1.165) is 22.8 Å². The largest absolute Gasteiger partial charge is 0.330 e. The second-order valence-corrected chi connectivity index (χ2v) is 6.18. The first-order valence-electron chi connectivity index (χ1n) is 6.68. The lowest BCUT2D eigenvalue weighted by Crippen LogP contribution is -2.13. The predicted octanol–water partition coefficient (Wildman–Crippen LogP) is 4.65. The van der Waals surface area contributed by atoms with Gasteiger partial charge in [-0.3, -0.25) is 0 Å². The molecule has 0 aliphatic heterocycles. The van der Waals surface area contributed by atoms with Crippen molar-refractivity contribution in [1.29, 1.82) is 0 Å². The Morgan fingerprint density at radius 3 is 2.38 bits per heavy atom. The zero-order valence-corrected chi connectivity index (χ0v) is 14.1. The number of hydrogen-bond donors (Lipinski definition) is 2. The molecule has 2 aromatic carbocycles. The molecular weight excluding hydrogens is 323 g/mol. The summed E-state index contributed by atoms with van der Waals surface area (Å²) >= 11 is 7.63. The molecule has 2 nitrogen and oxygen atoms in total. The Bertz CT molecular complexity index is 546. The molecule has 1 atom stereocenters. The fourth-order valence-electron chi connectivity index (χ4n) is 2.00. The van der Waals surface area contributed by atoms with E-state index >= 15 is 0 Å². The van der Waals surface area contributed by atoms with Gasteiger partial charge in [-0.2, -0.15) is 0 Å². The molecule has 0 radical (unpaired) electrons. The van der Waals surface area contributed by atoms with E-state index < -0.39 is 0 Å². The summed E-state index contributed by atoms with van der Waals surface area (Å²) in [5.41, 5.74) is 13.0. The lowest BCUT2D eigenvalue weighted by Gasteiger charge is -2.16. The summed E-state index contributed by atoms with van der Waals surface area (Å²) in [6, 6.07) is 16.2. The van der Waals surface area contributed by atoms with Gasteiger partial charge in [-0.25, -0.2) is 0 Å². The molecule has 0 bridgehead atoms. The van der Waals surface area contributed by atoms with Crippen molar-refractivity contribution in [2.45, 2.75) is 28.7 Å². The Balaban J connectivity index is 0.00000220. The lowest BCUT2D eigenvalue weighted by molar-refractivity contribution is 0.610. The average molecular weight is 343 g/mol. The molecule has 0 unspecified atom stereocenters. The number of nitrogens with two attached hydrogens (primary N) is 2. The first-order valence-corrected chi connectivity index (χ1v) is 7.88. The van der Waals surface area contributed by atoms with Gasteiger partial charge in [0.25, 0.3) is 0 Å². The van der Waals surface area contributed by atoms with Gasteiger partial charge in [0, 0.05) is 20.9 Å². The van der Waals surface area contributed by atoms with Gasteiger partial charge >= 0.3 is 0 Å². The van der Waals surface area contributed by atoms with Crippen molar-refractivity contribution in [3.05, 3.63) is 59.1 Å². The SMILES string of the molecule is Cl.NCCC[C@@H](N)c1ccccc1Sc1ccc(Cl)cc1. The van der Waals surface area contributed by atoms with Crippen molar-refractivity contribution < 1.29 is 0 Å². The minimum atomic E-state index is 0. The second kappa shape index (κ2) is 9.34. The summed E-state index contributed by atoms with van der Waals surface area (Å²) in [7, 11) is 0. The number of benzene rings is 2. The molecule has 0 fully saturated rings. The van der Waals surface area contributed by atoms with Crippen LogP contribution in [-0.2, 0) is 0 Å². The Morgan fingerprint density at radius 2 is 1.71 bits per heavy atom. The van der Waals surface area contributed by atoms with Gasteiger partial charge in [0.1, 0.15) is 0 Å². The zero-order chi connectivity index (χ0) is 14.4. The van der Waals surface area contributed by atoms with Gasteiger partial charge in [-0.05, 0) is 55.3 Å². The summed E-state index contributed by atoms with van der Waals surface area (Å²) in [4.78, 5) is 2.35. The second-order valence-electron chi connectivity index (χ2n) is 4.63. The third-order valence-electron chi connectivity index (χ3n) is 3.08. The van der Waals surface area contributed by atoms with E-state index in [1.165, 1.54) is 10.5 Å². The van der Waals surface area contributed by atoms with Gasteiger partial charge in [-0.1, -0.05) is 41.6 Å². The van der Waals surface area contributed by atoms with Crippen LogP contribution in [0.15, 0.2) is 58.3 Å². The molecule has 2 aromatic rings. The fourth-order valence-corrected chi connectivity index (χ4v) is 3.14. The van der Waals surface area contributed by atoms with Crippen LogP contribution in [0.25, 0.3) is 0 Å². The molecule has 2 rings (SSSR count). The van der Waals surface area contributed by atoms with E-state index in [9.17, 15) is 0 Å². The number of rotatable bonds is 6. The van der Waals surface area contributed by atoms with E-state index in [4.69, 9.17) is 23.1 Å². The highest BCUT2D eigenvalue weighted by Gasteiger charge is 2.11. The average Bonchev–Trinajstić information content (AvgIpc) is 2.48. The van der Waals surface area contributed by atoms with Crippen molar-refractivity contribution in [1.82, 2.24) is 0 Å². The van der Waals surface area contributed by atoms with E-state index in [2.05, 4.69) is 12.1 Å². The van der Waals surface area contributed by atoms with Crippen LogP contribution in [0.4, 0.5) is 0 Å². The zero-order valence-electron chi connectivity index (χ0n) is 11.7. The van der Waals surface area contributed by atoms with Gasteiger partial charge in [0.15, 0.2) is 0 Å². The molecule has 0 saturated carbocycles. The van der Waals surface area contributed by atoms with Crippen molar-refractivity contribution in [3.8, 4) is 0 Å². The van der Waals surface area contributed by atoms with Gasteiger partial charge in [0.05, 0.1) is 0 Å². The molecule has 0 aliphatic carbocycles. The van der Waals surface area contributed by atoms with Crippen LogP contribution in [0.5, 0.6) is 0 Å². The molecule has 0 saturated heterocycles. The van der Waals surface area contributed by atoms with Crippen LogP contribution in [0, 0.1) is 0 Å². The molecule has 0 spiro atoms. The normalized spacial score (nSPS) is 11.8. The molecule has 21 heavy (non-hydrogen) atoms. The summed E-state index contributed by atoms with van der Waals surface area (Å²) < 4.78 is 0. The first-order chi connectivity index (χ1) is 9.70. The third kappa shape index (κ3) is 5.53. The Kier molecular flexibility index (Phi) is 8.15. The highest BCUT2D eigenvalue weighted by molar-refractivity contribution is 7.99. The maximum absolute atomic E-state index is 6.27. The van der Waals surface area contributed by atoms with E-state index in [1.807, 2.05) is 36.4 Å². The van der Waals surface area contributed by atoms with Crippen LogP contribution in [0.3, 0.4) is 0 Å². The lowest BCUT2D eigenvalue weighted by atomic mass is 10.0. The smallest absolute Gasteiger partial charge is 0.0406 e. The molecule has 5 heteroatoms. The third-order valence-corrected chi connectivity index (χ3v) is 4.43. The summed E-state index contributed by atoms with van der Waals surface area (Å²) in [5.74, 6) is 0. The monoisotopic (exact) mass is 342 g/mol. The standard InChI is InChI=1S/C16H19ClN2S.ClH/c17-12-7-9-13(10-8-12)20-16-6-2-1-4-14(16)15(19)5-3-11-18;/h1-2,4,6-10,15H,3,5,11,18-19H2;1H/t15-;/m1./s1. The van der Waals surface area contributed by atoms with Crippen molar-refractivity contribution >= 4 is 35.8 Å². The molecular formula is C16H20Cl2N2S. The van der Waals surface area contributed by atoms with Crippen molar-refractivity contribution in [2.75, 3.05) is 6.54 Å².